The first-order valence-electron chi connectivity index (χ1n) is 45.5. The van der Waals surface area contributed by atoms with Crippen LogP contribution in [-0.2, 0) is 5.41 Å². The average molecular weight is 1690 g/mol. The molecule has 0 atom stereocenters. The molecule has 6 nitrogen and oxygen atoms in total. The fourth-order valence-electron chi connectivity index (χ4n) is 21.2. The van der Waals surface area contributed by atoms with E-state index < -0.39 is 0 Å². The van der Waals surface area contributed by atoms with Gasteiger partial charge < -0.3 is 28.4 Å². The highest BCUT2D eigenvalue weighted by atomic mass is 15.1. The highest BCUT2D eigenvalue weighted by Crippen LogP contribution is 2.63. The van der Waals surface area contributed by atoms with Crippen LogP contribution in [0.3, 0.4) is 0 Å². The minimum absolute atomic E-state index is 0.337. The predicted octanol–water partition coefficient (Wildman–Crippen LogP) is 33.0. The molecule has 2 aliphatic carbocycles. The van der Waals surface area contributed by atoms with Gasteiger partial charge in [0.2, 0.25) is 0 Å². The second-order valence-corrected chi connectivity index (χ2v) is 34.8. The Morgan fingerprint density at radius 2 is 0.424 bits per heavy atom. The summed E-state index contributed by atoms with van der Waals surface area (Å²) in [4.78, 5) is 6.76. The van der Waals surface area contributed by atoms with Crippen molar-refractivity contribution in [3.8, 4) is 83.8 Å². The lowest BCUT2D eigenvalue weighted by Gasteiger charge is -2.31. The molecule has 132 heavy (non-hydrogen) atoms. The maximum Gasteiger partial charge on any atom is 0.0726 e. The fraction of sp³-hybridized carbons (Fsp3) is 0.0317. The first-order valence-corrected chi connectivity index (χ1v) is 45.5. The minimum Gasteiger partial charge on any atom is -0.345 e. The molecular formula is C126H90N6. The van der Waals surface area contributed by atoms with Gasteiger partial charge in [0, 0.05) is 105 Å². The first-order chi connectivity index (χ1) is 65.2. The zero-order chi connectivity index (χ0) is 87.9. The SMILES string of the molecule is CN(c1ccc(-n2c3ccccc3c3ccccc32)cc1)c1ccc2c(c1)C1(c3ccccc3-c3ccccc31)c1ccccc1-2.CN(c1ccccc1)c1ccc(-n2c3ccc(-c4cccc5ccccc45)cc3c3cc(-c4cccc5ccccc45)ccc32)cc1.CN(c1ccccc1)c1ccc(-n2c3ccc(-c4ccccc4)cc3c3cc(-c4ccccc4)ccc32)cc1. The van der Waals surface area contributed by atoms with Crippen LogP contribution in [0.1, 0.15) is 22.3 Å². The van der Waals surface area contributed by atoms with Crippen LogP contribution in [0.15, 0.2) is 491 Å². The van der Waals surface area contributed by atoms with E-state index in [0.29, 0.717) is 0 Å². The van der Waals surface area contributed by atoms with Crippen molar-refractivity contribution in [3.05, 3.63) is 514 Å². The van der Waals surface area contributed by atoms with Gasteiger partial charge >= 0.3 is 0 Å². The van der Waals surface area contributed by atoms with E-state index in [1.165, 1.54) is 193 Å². The van der Waals surface area contributed by atoms with Crippen LogP contribution in [0.5, 0.6) is 0 Å². The Morgan fingerprint density at radius 1 is 0.159 bits per heavy atom. The number of hydrogen-bond acceptors (Lipinski definition) is 3. The second-order valence-electron chi connectivity index (χ2n) is 34.8. The summed E-state index contributed by atoms with van der Waals surface area (Å²) in [5.41, 5.74) is 38.0. The Bertz CT molecular complexity index is 8180. The molecule has 0 unspecified atom stereocenters. The molecule has 2 aliphatic rings. The molecule has 0 N–H and O–H groups in total. The van der Waals surface area contributed by atoms with E-state index in [9.17, 15) is 0 Å². The molecule has 624 valence electrons. The van der Waals surface area contributed by atoms with E-state index in [2.05, 4.69) is 541 Å². The summed E-state index contributed by atoms with van der Waals surface area (Å²) in [7, 11) is 6.41. The van der Waals surface area contributed by atoms with Crippen molar-refractivity contribution in [3.63, 3.8) is 0 Å². The van der Waals surface area contributed by atoms with Gasteiger partial charge in [0.1, 0.15) is 0 Å². The zero-order valence-corrected chi connectivity index (χ0v) is 73.4. The third-order valence-electron chi connectivity index (χ3n) is 27.7. The van der Waals surface area contributed by atoms with Gasteiger partial charge in [-0.25, -0.2) is 0 Å². The maximum absolute atomic E-state index is 2.44. The molecule has 0 saturated carbocycles. The van der Waals surface area contributed by atoms with Crippen LogP contribution >= 0.6 is 0 Å². The molecule has 24 aromatic rings. The molecule has 0 aliphatic heterocycles. The third-order valence-corrected chi connectivity index (χ3v) is 27.7. The lowest BCUT2D eigenvalue weighted by molar-refractivity contribution is 0.793. The van der Waals surface area contributed by atoms with Crippen LogP contribution in [0.25, 0.3) is 171 Å². The van der Waals surface area contributed by atoms with Gasteiger partial charge in [-0.3, -0.25) is 0 Å². The molecule has 3 heterocycles. The molecule has 0 fully saturated rings. The summed E-state index contributed by atoms with van der Waals surface area (Å²) in [6, 6.07) is 179. The van der Waals surface area contributed by atoms with E-state index in [4.69, 9.17) is 0 Å². The topological polar surface area (TPSA) is 24.5 Å². The normalized spacial score (nSPS) is 12.1. The summed E-state index contributed by atoms with van der Waals surface area (Å²) in [6.45, 7) is 0. The monoisotopic (exact) mass is 1690 g/mol. The molecule has 26 rings (SSSR count). The van der Waals surface area contributed by atoms with Gasteiger partial charge in [0.05, 0.1) is 38.5 Å². The summed E-state index contributed by atoms with van der Waals surface area (Å²) >= 11 is 0. The largest absolute Gasteiger partial charge is 0.345 e. The summed E-state index contributed by atoms with van der Waals surface area (Å²) < 4.78 is 7.18. The van der Waals surface area contributed by atoms with E-state index in [1.807, 2.05) is 0 Å². The number of rotatable bonds is 13. The number of hydrogen-bond donors (Lipinski definition) is 0. The smallest absolute Gasteiger partial charge is 0.0726 e. The molecule has 0 saturated heterocycles. The number of para-hydroxylation sites is 4. The summed E-state index contributed by atoms with van der Waals surface area (Å²) in [6.07, 6.45) is 0. The Hall–Kier alpha value is -17.1. The van der Waals surface area contributed by atoms with E-state index in [-0.39, 0.29) is 5.41 Å². The van der Waals surface area contributed by atoms with E-state index in [0.717, 1.165) is 34.1 Å². The van der Waals surface area contributed by atoms with Gasteiger partial charge in [-0.05, 0) is 280 Å². The van der Waals surface area contributed by atoms with Crippen molar-refractivity contribution < 1.29 is 0 Å². The highest BCUT2D eigenvalue weighted by Gasteiger charge is 2.51. The Balaban J connectivity index is 0.000000110. The van der Waals surface area contributed by atoms with Crippen molar-refractivity contribution in [1.29, 1.82) is 0 Å². The van der Waals surface area contributed by atoms with Crippen molar-refractivity contribution >= 4 is 121 Å². The number of benzene rings is 21. The van der Waals surface area contributed by atoms with Gasteiger partial charge in [-0.1, -0.05) is 322 Å². The summed E-state index contributed by atoms with van der Waals surface area (Å²) in [5, 5.41) is 12.6. The number of aromatic nitrogens is 3. The Labute approximate surface area is 768 Å². The van der Waals surface area contributed by atoms with Gasteiger partial charge in [0.25, 0.3) is 0 Å². The molecule has 3 aromatic heterocycles. The molecule has 0 bridgehead atoms. The Morgan fingerprint density at radius 3 is 0.811 bits per heavy atom. The van der Waals surface area contributed by atoms with E-state index in [1.54, 1.807) is 0 Å². The van der Waals surface area contributed by atoms with Gasteiger partial charge in [-0.2, -0.15) is 0 Å². The quantitative estimate of drug-likeness (QED) is 0.115. The van der Waals surface area contributed by atoms with Crippen LogP contribution < -0.4 is 14.7 Å². The lowest BCUT2D eigenvalue weighted by Crippen LogP contribution is -2.26. The van der Waals surface area contributed by atoms with Crippen LogP contribution in [0, 0.1) is 0 Å². The molecular weight excluding hydrogens is 1600 g/mol. The second kappa shape index (κ2) is 32.7. The van der Waals surface area contributed by atoms with E-state index >= 15 is 0 Å². The number of anilines is 6. The number of nitrogens with zero attached hydrogens (tertiary/aromatic N) is 6. The average Bonchev–Trinajstić information content (AvgIpc) is 1.51. The van der Waals surface area contributed by atoms with Crippen molar-refractivity contribution in [1.82, 2.24) is 13.7 Å². The summed E-state index contributed by atoms with van der Waals surface area (Å²) in [5.74, 6) is 0. The van der Waals surface area contributed by atoms with Crippen LogP contribution in [0.2, 0.25) is 0 Å². The Kier molecular flexibility index (Phi) is 19.4. The molecule has 6 heteroatoms. The van der Waals surface area contributed by atoms with Crippen molar-refractivity contribution in [2.45, 2.75) is 5.41 Å². The third kappa shape index (κ3) is 13.2. The molecule has 21 aromatic carbocycles. The maximum atomic E-state index is 2.44. The lowest BCUT2D eigenvalue weighted by atomic mass is 9.70. The minimum atomic E-state index is -0.337. The van der Waals surface area contributed by atoms with Crippen LogP contribution in [-0.4, -0.2) is 34.8 Å². The predicted molar refractivity (Wildman–Crippen MR) is 559 cm³/mol. The van der Waals surface area contributed by atoms with Crippen molar-refractivity contribution in [2.75, 3.05) is 35.8 Å². The molecule has 0 amide bonds. The highest BCUT2D eigenvalue weighted by molar-refractivity contribution is 6.15. The van der Waals surface area contributed by atoms with Crippen LogP contribution in [0.4, 0.5) is 34.1 Å². The van der Waals surface area contributed by atoms with Gasteiger partial charge in [0.15, 0.2) is 0 Å². The fourth-order valence-corrected chi connectivity index (χ4v) is 21.2. The first kappa shape index (κ1) is 78.4. The van der Waals surface area contributed by atoms with Gasteiger partial charge in [-0.15, -0.1) is 0 Å². The standard InChI is InChI=1S/C45H32N2.C44H30N2.C37H28N2/c1-46(35-15-3-2-4-16-35)36-23-25-37(26-24-36)47-44-27-21-33(40-19-9-13-31-11-5-7-17-38(31)40)29-42(44)43-30-34(22-28-45(43)47)41-20-10-14-32-12-6-8-18-39(32)41;1-45(29-22-24-30(25-23-29)46-42-20-10-5-15-36(42)37-16-6-11-21-43(37)46)31-26-27-35-34-14-4-9-19-40(34)44(41(35)28-31)38-17-7-2-12-32(38)33-13-3-8-18-39(33)44;1-38(31-15-9-4-10-16-31)32-19-21-33(22-20-32)39-36-23-17-29(27-11-5-2-6-12-27)25-34(36)35-26-30(18-24-37(35)39)28-13-7-3-8-14-28/h2-30H,1H3;2-28H,1H3;2-26H,1H3. The zero-order valence-electron chi connectivity index (χ0n) is 73.4. The number of fused-ring (bicyclic) bond motifs is 21. The van der Waals surface area contributed by atoms with Crippen molar-refractivity contribution in [2.24, 2.45) is 0 Å². The molecule has 0 radical (unpaired) electrons. The molecule has 1 spiro atoms.